The lowest BCUT2D eigenvalue weighted by molar-refractivity contribution is 0.581. The highest BCUT2D eigenvalue weighted by Gasteiger charge is 1.99. The molecule has 0 aliphatic rings. The van der Waals surface area contributed by atoms with Crippen LogP contribution in [0.3, 0.4) is 0 Å². The van der Waals surface area contributed by atoms with Gasteiger partial charge in [0.2, 0.25) is 0 Å². The zero-order valence-electron chi connectivity index (χ0n) is 8.93. The van der Waals surface area contributed by atoms with Crippen molar-refractivity contribution in [2.45, 2.75) is 19.9 Å². The molecule has 1 N–H and O–H groups in total. The summed E-state index contributed by atoms with van der Waals surface area (Å²) < 4.78 is 25.7. The Morgan fingerprint density at radius 3 is 2.67 bits per heavy atom. The van der Waals surface area contributed by atoms with Crippen LogP contribution in [0.4, 0.5) is 8.78 Å². The number of halogens is 2. The second-order valence-corrected chi connectivity index (χ2v) is 3.63. The summed E-state index contributed by atoms with van der Waals surface area (Å²) in [4.78, 5) is 0. The molecule has 82 valence electrons. The van der Waals surface area contributed by atoms with Gasteiger partial charge >= 0.3 is 0 Å². The average molecular weight is 211 g/mol. The first kappa shape index (κ1) is 11.9. The number of rotatable bonds is 4. The van der Waals surface area contributed by atoms with Gasteiger partial charge < -0.3 is 5.32 Å². The Hall–Kier alpha value is -1.22. The predicted molar refractivity (Wildman–Crippen MR) is 58.5 cm³/mol. The van der Waals surface area contributed by atoms with E-state index in [1.807, 2.05) is 19.9 Å². The fourth-order valence-corrected chi connectivity index (χ4v) is 1.13. The van der Waals surface area contributed by atoms with E-state index in [0.29, 0.717) is 18.2 Å². The van der Waals surface area contributed by atoms with Crippen molar-refractivity contribution < 1.29 is 8.78 Å². The van der Waals surface area contributed by atoms with Gasteiger partial charge in [-0.2, -0.15) is 0 Å². The third-order valence-electron chi connectivity index (χ3n) is 1.90. The van der Waals surface area contributed by atoms with Gasteiger partial charge in [0.05, 0.1) is 0 Å². The highest BCUT2D eigenvalue weighted by atomic mass is 19.1. The molecule has 0 aliphatic carbocycles. The van der Waals surface area contributed by atoms with E-state index in [1.165, 1.54) is 12.1 Å². The molecule has 0 fully saturated rings. The Labute approximate surface area is 88.8 Å². The molecule has 0 aliphatic heterocycles. The van der Waals surface area contributed by atoms with E-state index in [9.17, 15) is 8.78 Å². The molecule has 15 heavy (non-hydrogen) atoms. The van der Waals surface area contributed by atoms with Gasteiger partial charge in [0.1, 0.15) is 11.6 Å². The van der Waals surface area contributed by atoms with E-state index in [1.54, 1.807) is 6.08 Å². The lowest BCUT2D eigenvalue weighted by Gasteiger charge is -2.03. The van der Waals surface area contributed by atoms with Gasteiger partial charge in [0.15, 0.2) is 0 Å². The molecular formula is C12H15F2N. The monoisotopic (exact) mass is 211 g/mol. The minimum absolute atomic E-state index is 0.396. The summed E-state index contributed by atoms with van der Waals surface area (Å²) in [6.45, 7) is 4.74. The lowest BCUT2D eigenvalue weighted by Crippen LogP contribution is -2.22. The van der Waals surface area contributed by atoms with Crippen LogP contribution in [0.1, 0.15) is 19.4 Å². The average Bonchev–Trinajstić information content (AvgIpc) is 2.14. The molecule has 0 heterocycles. The smallest absolute Gasteiger partial charge is 0.133 e. The molecule has 0 saturated carbocycles. The van der Waals surface area contributed by atoms with Crippen molar-refractivity contribution in [3.05, 3.63) is 41.5 Å². The van der Waals surface area contributed by atoms with E-state index in [0.717, 1.165) is 6.07 Å². The standard InChI is InChI=1S/C12H15F2N/c1-9(2)15-7-3-4-10-5-6-11(13)8-12(10)14/h3-6,8-9,15H,7H2,1-2H3. The molecule has 1 aromatic carbocycles. The van der Waals surface area contributed by atoms with Crippen LogP contribution in [0.2, 0.25) is 0 Å². The number of hydrogen-bond acceptors (Lipinski definition) is 1. The van der Waals surface area contributed by atoms with E-state index < -0.39 is 11.6 Å². The first-order valence-corrected chi connectivity index (χ1v) is 4.94. The van der Waals surface area contributed by atoms with Crippen molar-refractivity contribution in [3.8, 4) is 0 Å². The first-order valence-electron chi connectivity index (χ1n) is 4.94. The van der Waals surface area contributed by atoms with E-state index in [2.05, 4.69) is 5.32 Å². The summed E-state index contributed by atoms with van der Waals surface area (Å²) in [5.41, 5.74) is 0.405. The van der Waals surface area contributed by atoms with Crippen LogP contribution in [-0.4, -0.2) is 12.6 Å². The van der Waals surface area contributed by atoms with Crippen LogP contribution < -0.4 is 5.32 Å². The van der Waals surface area contributed by atoms with Crippen LogP contribution in [0.25, 0.3) is 6.08 Å². The van der Waals surface area contributed by atoms with Gasteiger partial charge in [-0.3, -0.25) is 0 Å². The van der Waals surface area contributed by atoms with E-state index in [-0.39, 0.29) is 0 Å². The maximum absolute atomic E-state index is 13.1. The fraction of sp³-hybridized carbons (Fsp3) is 0.333. The summed E-state index contributed by atoms with van der Waals surface area (Å²) in [6.07, 6.45) is 3.46. The molecule has 1 nitrogen and oxygen atoms in total. The van der Waals surface area contributed by atoms with E-state index in [4.69, 9.17) is 0 Å². The zero-order valence-corrected chi connectivity index (χ0v) is 8.93. The van der Waals surface area contributed by atoms with Gasteiger partial charge in [-0.15, -0.1) is 0 Å². The van der Waals surface area contributed by atoms with Gasteiger partial charge in [-0.25, -0.2) is 8.78 Å². The van der Waals surface area contributed by atoms with Crippen LogP contribution in [-0.2, 0) is 0 Å². The first-order chi connectivity index (χ1) is 7.09. The number of hydrogen-bond donors (Lipinski definition) is 1. The normalized spacial score (nSPS) is 11.5. The molecule has 0 saturated heterocycles. The Morgan fingerprint density at radius 2 is 2.07 bits per heavy atom. The van der Waals surface area contributed by atoms with Crippen LogP contribution in [0.5, 0.6) is 0 Å². The summed E-state index contributed by atoms with van der Waals surface area (Å²) in [5.74, 6) is -1.08. The quantitative estimate of drug-likeness (QED) is 0.807. The Balaban J connectivity index is 2.57. The molecule has 0 amide bonds. The highest BCUT2D eigenvalue weighted by molar-refractivity contribution is 5.49. The summed E-state index contributed by atoms with van der Waals surface area (Å²) in [7, 11) is 0. The van der Waals surface area contributed by atoms with Crippen molar-refractivity contribution in [3.63, 3.8) is 0 Å². The number of benzene rings is 1. The van der Waals surface area contributed by atoms with Gasteiger partial charge in [-0.1, -0.05) is 26.0 Å². The molecule has 0 spiro atoms. The second kappa shape index (κ2) is 5.61. The van der Waals surface area contributed by atoms with Crippen molar-refractivity contribution >= 4 is 6.08 Å². The largest absolute Gasteiger partial charge is 0.311 e. The maximum Gasteiger partial charge on any atom is 0.133 e. The topological polar surface area (TPSA) is 12.0 Å². The third-order valence-corrected chi connectivity index (χ3v) is 1.90. The predicted octanol–water partition coefficient (Wildman–Crippen LogP) is 2.98. The van der Waals surface area contributed by atoms with Gasteiger partial charge in [0.25, 0.3) is 0 Å². The van der Waals surface area contributed by atoms with Crippen molar-refractivity contribution in [2.24, 2.45) is 0 Å². The molecule has 1 rings (SSSR count). The Bertz CT molecular complexity index is 345. The highest BCUT2D eigenvalue weighted by Crippen LogP contribution is 2.10. The number of nitrogens with one attached hydrogen (secondary N) is 1. The lowest BCUT2D eigenvalue weighted by atomic mass is 10.2. The molecule has 3 heteroatoms. The van der Waals surface area contributed by atoms with Gasteiger partial charge in [-0.05, 0) is 12.1 Å². The molecule has 0 bridgehead atoms. The zero-order chi connectivity index (χ0) is 11.3. The van der Waals surface area contributed by atoms with Crippen molar-refractivity contribution in [1.29, 1.82) is 0 Å². The van der Waals surface area contributed by atoms with Crippen LogP contribution in [0, 0.1) is 11.6 Å². The summed E-state index contributed by atoms with van der Waals surface area (Å²) >= 11 is 0. The molecular weight excluding hydrogens is 196 g/mol. The molecule has 0 unspecified atom stereocenters. The second-order valence-electron chi connectivity index (χ2n) is 3.63. The maximum atomic E-state index is 13.1. The van der Waals surface area contributed by atoms with Crippen molar-refractivity contribution in [2.75, 3.05) is 6.54 Å². The minimum atomic E-state index is -0.551. The summed E-state index contributed by atoms with van der Waals surface area (Å²) in [5, 5.41) is 3.16. The summed E-state index contributed by atoms with van der Waals surface area (Å²) in [6, 6.07) is 3.96. The molecule has 1 aromatic rings. The van der Waals surface area contributed by atoms with Crippen LogP contribution >= 0.6 is 0 Å². The SMILES string of the molecule is CC(C)NCC=Cc1ccc(F)cc1F. The van der Waals surface area contributed by atoms with Gasteiger partial charge in [0, 0.05) is 24.2 Å². The van der Waals surface area contributed by atoms with Crippen LogP contribution in [0.15, 0.2) is 24.3 Å². The molecule has 0 aromatic heterocycles. The van der Waals surface area contributed by atoms with E-state index >= 15 is 0 Å². The minimum Gasteiger partial charge on any atom is -0.311 e. The fourth-order valence-electron chi connectivity index (χ4n) is 1.13. The Morgan fingerprint density at radius 1 is 1.33 bits per heavy atom. The Kier molecular flexibility index (Phi) is 4.43. The molecule has 0 atom stereocenters. The van der Waals surface area contributed by atoms with Crippen molar-refractivity contribution in [1.82, 2.24) is 5.32 Å². The molecule has 0 radical (unpaired) electrons. The third kappa shape index (κ3) is 4.21.